The summed E-state index contributed by atoms with van der Waals surface area (Å²) in [5.74, 6) is -0.451. The van der Waals surface area contributed by atoms with E-state index in [0.717, 1.165) is 31.2 Å². The molecule has 7 nitrogen and oxygen atoms in total. The first kappa shape index (κ1) is 22.3. The summed E-state index contributed by atoms with van der Waals surface area (Å²) >= 11 is 6.44. The highest BCUT2D eigenvalue weighted by atomic mass is 35.5. The van der Waals surface area contributed by atoms with Gasteiger partial charge in [0.15, 0.2) is 5.38 Å². The third kappa shape index (κ3) is 3.54. The second-order valence-electron chi connectivity index (χ2n) is 8.14. The zero-order valence-electron chi connectivity index (χ0n) is 18.2. The fraction of sp³-hybridized carbons (Fsp3) is 0.417. The number of aliphatic imine (C=N–C) groups is 1. The second-order valence-corrected chi connectivity index (χ2v) is 8.58. The molecule has 2 aliphatic rings. The van der Waals surface area contributed by atoms with E-state index in [0.29, 0.717) is 23.3 Å². The Labute approximate surface area is 192 Å². The number of aromatic hydroxyl groups is 1. The molecule has 4 rings (SSSR count). The molecule has 1 aromatic heterocycles. The monoisotopic (exact) mass is 455 g/mol. The van der Waals surface area contributed by atoms with Crippen molar-refractivity contribution in [1.29, 1.82) is 0 Å². The fourth-order valence-electron chi connectivity index (χ4n) is 4.29. The Hall–Kier alpha value is -2.93. The summed E-state index contributed by atoms with van der Waals surface area (Å²) in [4.78, 5) is 36.2. The summed E-state index contributed by atoms with van der Waals surface area (Å²) in [6.45, 7) is 2.36. The number of nitrogens with zero attached hydrogens (tertiary/aromatic N) is 3. The lowest BCUT2D eigenvalue weighted by atomic mass is 9.96. The Balaban J connectivity index is 1.73. The van der Waals surface area contributed by atoms with E-state index in [4.69, 9.17) is 16.3 Å². The molecular formula is C24H26ClN3O4. The summed E-state index contributed by atoms with van der Waals surface area (Å²) in [7, 11) is 1.50. The predicted octanol–water partition coefficient (Wildman–Crippen LogP) is 3.90. The minimum absolute atomic E-state index is 0.0785. The molecule has 0 bridgehead atoms. The van der Waals surface area contributed by atoms with Crippen LogP contribution in [0.25, 0.3) is 0 Å². The van der Waals surface area contributed by atoms with Crippen LogP contribution >= 0.6 is 11.6 Å². The molecule has 0 saturated carbocycles. The van der Waals surface area contributed by atoms with Gasteiger partial charge < -0.3 is 9.84 Å². The van der Waals surface area contributed by atoms with Crippen LogP contribution in [0.4, 0.5) is 0 Å². The molecule has 1 unspecified atom stereocenters. The normalized spacial score (nSPS) is 23.3. The van der Waals surface area contributed by atoms with Crippen molar-refractivity contribution in [2.24, 2.45) is 4.99 Å². The van der Waals surface area contributed by atoms with Crippen molar-refractivity contribution in [3.63, 3.8) is 0 Å². The van der Waals surface area contributed by atoms with Gasteiger partial charge in [-0.1, -0.05) is 26.2 Å². The van der Waals surface area contributed by atoms with E-state index in [-0.39, 0.29) is 18.0 Å². The molecule has 1 spiro atoms. The van der Waals surface area contributed by atoms with Gasteiger partial charge >= 0.3 is 0 Å². The number of aromatic nitrogens is 1. The number of carbonyl (C=O) groups excluding carboxylic acids is 2. The molecule has 2 atom stereocenters. The van der Waals surface area contributed by atoms with Crippen LogP contribution in [0.1, 0.15) is 54.1 Å². The Morgan fingerprint density at radius 1 is 1.19 bits per heavy atom. The highest BCUT2D eigenvalue weighted by Crippen LogP contribution is 2.47. The highest BCUT2D eigenvalue weighted by molar-refractivity contribution is 6.49. The lowest BCUT2D eigenvalue weighted by Gasteiger charge is -2.29. The number of carbonyl (C=O) groups is 2. The Bertz CT molecular complexity index is 1070. The summed E-state index contributed by atoms with van der Waals surface area (Å²) in [5.41, 5.74) is 0.212. The molecular weight excluding hydrogens is 430 g/mol. The fourth-order valence-corrected chi connectivity index (χ4v) is 4.65. The number of unbranched alkanes of at least 4 members (excludes halogenated alkanes) is 3. The first-order chi connectivity index (χ1) is 15.4. The van der Waals surface area contributed by atoms with Gasteiger partial charge in [-0.2, -0.15) is 0 Å². The van der Waals surface area contributed by atoms with E-state index in [1.807, 2.05) is 0 Å². The number of likely N-dealkylation sites (tertiary alicyclic amines) is 1. The van der Waals surface area contributed by atoms with Crippen LogP contribution in [0.2, 0.25) is 0 Å². The van der Waals surface area contributed by atoms with E-state index in [2.05, 4.69) is 16.9 Å². The lowest BCUT2D eigenvalue weighted by Crippen LogP contribution is -2.56. The third-order valence-electron chi connectivity index (χ3n) is 6.11. The maximum absolute atomic E-state index is 13.6. The number of halogens is 1. The van der Waals surface area contributed by atoms with Crippen molar-refractivity contribution >= 4 is 29.0 Å². The molecule has 8 heteroatoms. The van der Waals surface area contributed by atoms with Crippen LogP contribution in [0.5, 0.6) is 11.5 Å². The average molecular weight is 456 g/mol. The summed E-state index contributed by atoms with van der Waals surface area (Å²) < 4.78 is 6.26. The molecule has 2 aromatic rings. The van der Waals surface area contributed by atoms with Gasteiger partial charge in [0.1, 0.15) is 17.2 Å². The lowest BCUT2D eigenvalue weighted by molar-refractivity contribution is -0.132. The molecule has 0 aliphatic carbocycles. The van der Waals surface area contributed by atoms with Crippen molar-refractivity contribution in [1.82, 2.24) is 9.88 Å². The minimum Gasteiger partial charge on any atom is -0.508 e. The molecule has 1 saturated heterocycles. The molecule has 2 aliphatic heterocycles. The number of benzene rings is 1. The van der Waals surface area contributed by atoms with E-state index in [1.165, 1.54) is 24.1 Å². The van der Waals surface area contributed by atoms with Crippen molar-refractivity contribution in [2.75, 3.05) is 7.05 Å². The number of Topliss-reactive ketones (excluding diaryl/α,β-unsaturated/α-hetero) is 1. The standard InChI is InChI=1S/C24H26ClN3O4/c1-3-4-5-6-7-16-18(29)9-8-17-20(16)32-24(22(17)30)21(19(25)23(31)28(24)2)27-14-15-10-12-26-13-11-15/h8-13,19,29H,3-7,14H2,1-2H3/t19?,24-/m0/s1. The maximum Gasteiger partial charge on any atom is 0.290 e. The van der Waals surface area contributed by atoms with Gasteiger partial charge in [-0.05, 0) is 42.7 Å². The average Bonchev–Trinajstić information content (AvgIpc) is 3.19. The number of alkyl halides is 1. The number of likely N-dealkylation sites (N-methyl/N-ethyl adjacent to an activating group) is 1. The van der Waals surface area contributed by atoms with Gasteiger partial charge in [0.05, 0.1) is 12.1 Å². The second kappa shape index (κ2) is 8.90. The van der Waals surface area contributed by atoms with Gasteiger partial charge in [0, 0.05) is 25.0 Å². The summed E-state index contributed by atoms with van der Waals surface area (Å²) in [6.07, 6.45) is 7.93. The Morgan fingerprint density at radius 3 is 2.66 bits per heavy atom. The molecule has 0 radical (unpaired) electrons. The van der Waals surface area contributed by atoms with Gasteiger partial charge in [-0.25, -0.2) is 0 Å². The van der Waals surface area contributed by atoms with E-state index >= 15 is 0 Å². The molecule has 1 amide bonds. The van der Waals surface area contributed by atoms with Crippen LogP contribution in [0.15, 0.2) is 41.7 Å². The molecule has 168 valence electrons. The smallest absolute Gasteiger partial charge is 0.290 e. The Kier molecular flexibility index (Phi) is 6.20. The van der Waals surface area contributed by atoms with Crippen LogP contribution in [0.3, 0.4) is 0 Å². The molecule has 1 fully saturated rings. The minimum atomic E-state index is -1.73. The van der Waals surface area contributed by atoms with Crippen molar-refractivity contribution in [3.05, 3.63) is 53.3 Å². The van der Waals surface area contributed by atoms with Crippen LogP contribution in [-0.2, 0) is 17.8 Å². The highest BCUT2D eigenvalue weighted by Gasteiger charge is 2.65. The van der Waals surface area contributed by atoms with Crippen LogP contribution in [-0.4, -0.2) is 50.5 Å². The molecule has 3 heterocycles. The largest absolute Gasteiger partial charge is 0.508 e. The quantitative estimate of drug-likeness (QED) is 0.505. The van der Waals surface area contributed by atoms with Crippen LogP contribution in [0, 0.1) is 0 Å². The van der Waals surface area contributed by atoms with Gasteiger partial charge in [-0.15, -0.1) is 11.6 Å². The van der Waals surface area contributed by atoms with Crippen molar-refractivity contribution in [3.8, 4) is 11.5 Å². The van der Waals surface area contributed by atoms with Gasteiger partial charge in [-0.3, -0.25) is 24.5 Å². The van der Waals surface area contributed by atoms with Gasteiger partial charge in [0.25, 0.3) is 5.72 Å². The van der Waals surface area contributed by atoms with E-state index < -0.39 is 22.8 Å². The molecule has 1 aromatic carbocycles. The zero-order valence-corrected chi connectivity index (χ0v) is 18.9. The number of pyridine rings is 1. The number of amides is 1. The number of ketones is 1. The number of phenolic OH excluding ortho intramolecular Hbond substituents is 1. The number of ether oxygens (including phenoxy) is 1. The first-order valence-corrected chi connectivity index (χ1v) is 11.3. The summed E-state index contributed by atoms with van der Waals surface area (Å²) in [6, 6.07) is 6.66. The Morgan fingerprint density at radius 2 is 1.94 bits per heavy atom. The number of phenols is 1. The number of hydrogen-bond donors (Lipinski definition) is 1. The SMILES string of the molecule is CCCCCCc1c(O)ccc2c1O[C@]1(C2=O)C(=NCc2ccncc2)C(Cl)C(=O)N1C. The summed E-state index contributed by atoms with van der Waals surface area (Å²) in [5, 5.41) is 9.39. The van der Waals surface area contributed by atoms with Gasteiger partial charge in [0.2, 0.25) is 11.7 Å². The number of rotatable bonds is 7. The van der Waals surface area contributed by atoms with Crippen LogP contribution < -0.4 is 4.74 Å². The van der Waals surface area contributed by atoms with E-state index in [9.17, 15) is 14.7 Å². The van der Waals surface area contributed by atoms with E-state index in [1.54, 1.807) is 24.5 Å². The first-order valence-electron chi connectivity index (χ1n) is 10.9. The van der Waals surface area contributed by atoms with Crippen molar-refractivity contribution < 1.29 is 19.4 Å². The zero-order chi connectivity index (χ0) is 22.9. The topological polar surface area (TPSA) is 92.1 Å². The van der Waals surface area contributed by atoms with Crippen molar-refractivity contribution in [2.45, 2.75) is 56.7 Å². The number of hydrogen-bond acceptors (Lipinski definition) is 6. The predicted molar refractivity (Wildman–Crippen MR) is 121 cm³/mol. The maximum atomic E-state index is 13.6. The molecule has 1 N–H and O–H groups in total. The molecule has 32 heavy (non-hydrogen) atoms. The number of fused-ring (bicyclic) bond motifs is 1. The third-order valence-corrected chi connectivity index (χ3v) is 6.50.